The van der Waals surface area contributed by atoms with Crippen molar-refractivity contribution in [1.29, 1.82) is 0 Å². The van der Waals surface area contributed by atoms with E-state index in [1.54, 1.807) is 35.1 Å². The van der Waals surface area contributed by atoms with Crippen LogP contribution in [0.1, 0.15) is 33.7 Å². The van der Waals surface area contributed by atoms with Gasteiger partial charge in [-0.1, -0.05) is 0 Å². The Kier molecular flexibility index (Phi) is 6.83. The van der Waals surface area contributed by atoms with Crippen LogP contribution in [-0.4, -0.2) is 24.2 Å². The number of rotatable bonds is 7. The fourth-order valence-corrected chi connectivity index (χ4v) is 3.27. The molecule has 0 saturated carbocycles. The Morgan fingerprint density at radius 2 is 1.33 bits per heavy atom. The quantitative estimate of drug-likeness (QED) is 0.586. The van der Waals surface area contributed by atoms with Gasteiger partial charge in [0.2, 0.25) is 11.8 Å². The summed E-state index contributed by atoms with van der Waals surface area (Å²) in [5.41, 5.74) is 7.03. The predicted molar refractivity (Wildman–Crippen MR) is 98.8 cm³/mol. The first-order chi connectivity index (χ1) is 11.6. The van der Waals surface area contributed by atoms with Crippen molar-refractivity contribution in [3.05, 3.63) is 43.8 Å². The van der Waals surface area contributed by atoms with Crippen molar-refractivity contribution in [3.8, 4) is 0 Å². The van der Waals surface area contributed by atoms with Crippen molar-refractivity contribution in [1.82, 2.24) is 10.9 Å². The third-order valence-electron chi connectivity index (χ3n) is 3.12. The van der Waals surface area contributed by atoms with Crippen LogP contribution in [0.3, 0.4) is 0 Å². The van der Waals surface area contributed by atoms with Gasteiger partial charge in [-0.3, -0.25) is 9.59 Å². The molecule has 0 spiro atoms. The molecule has 0 fully saturated rings. The van der Waals surface area contributed by atoms with E-state index in [0.29, 0.717) is 0 Å². The molecule has 0 aliphatic rings. The van der Waals surface area contributed by atoms with Gasteiger partial charge in [0, 0.05) is 22.6 Å². The predicted octanol–water partition coefficient (Wildman–Crippen LogP) is 2.81. The molecule has 2 N–H and O–H groups in total. The van der Waals surface area contributed by atoms with Gasteiger partial charge in [-0.15, -0.1) is 22.7 Å². The molecule has 2 heterocycles. The number of nitrogens with zero attached hydrogens (tertiary/aromatic N) is 2. The average molecular weight is 362 g/mol. The van der Waals surface area contributed by atoms with Crippen LogP contribution < -0.4 is 10.9 Å². The molecule has 2 rings (SSSR count). The third kappa shape index (κ3) is 5.71. The van der Waals surface area contributed by atoms with Gasteiger partial charge in [-0.05, 0) is 47.9 Å². The van der Waals surface area contributed by atoms with Crippen LogP contribution in [0.15, 0.2) is 33.1 Å². The van der Waals surface area contributed by atoms with E-state index in [-0.39, 0.29) is 24.7 Å². The SMILES string of the molecule is Cc1ccsc1/C=N/NC(=O)CCC(=O)N/N=C/c1sccc1C. The van der Waals surface area contributed by atoms with Crippen molar-refractivity contribution < 1.29 is 9.59 Å². The Bertz CT molecular complexity index is 697. The second-order valence-electron chi connectivity index (χ2n) is 5.02. The highest BCUT2D eigenvalue weighted by molar-refractivity contribution is 7.12. The summed E-state index contributed by atoms with van der Waals surface area (Å²) < 4.78 is 0. The molecule has 0 bridgehead atoms. The molecular formula is C16H18N4O2S2. The molecule has 0 aliphatic carbocycles. The van der Waals surface area contributed by atoms with Gasteiger partial charge in [0.05, 0.1) is 12.4 Å². The zero-order valence-corrected chi connectivity index (χ0v) is 15.0. The topological polar surface area (TPSA) is 82.9 Å². The molecule has 2 amide bonds. The fourth-order valence-electron chi connectivity index (χ4n) is 1.70. The molecule has 0 aromatic carbocycles. The Balaban J connectivity index is 1.67. The van der Waals surface area contributed by atoms with Crippen LogP contribution in [0.2, 0.25) is 0 Å². The number of hydrazone groups is 2. The van der Waals surface area contributed by atoms with Gasteiger partial charge >= 0.3 is 0 Å². The first kappa shape index (κ1) is 18.0. The summed E-state index contributed by atoms with van der Waals surface area (Å²) in [6, 6.07) is 3.97. The van der Waals surface area contributed by atoms with Crippen LogP contribution in [0.5, 0.6) is 0 Å². The van der Waals surface area contributed by atoms with E-state index in [0.717, 1.165) is 20.9 Å². The number of nitrogens with one attached hydrogen (secondary N) is 2. The minimum atomic E-state index is -0.311. The summed E-state index contributed by atoms with van der Waals surface area (Å²) in [5.74, 6) is -0.623. The molecule has 2 aromatic heterocycles. The zero-order valence-electron chi connectivity index (χ0n) is 13.4. The first-order valence-corrected chi connectivity index (χ1v) is 9.04. The van der Waals surface area contributed by atoms with Gasteiger partial charge in [-0.25, -0.2) is 10.9 Å². The summed E-state index contributed by atoms with van der Waals surface area (Å²) in [6.45, 7) is 3.95. The normalized spacial score (nSPS) is 11.2. The van der Waals surface area contributed by atoms with Crippen molar-refractivity contribution >= 4 is 46.9 Å². The highest BCUT2D eigenvalue weighted by Gasteiger charge is 2.05. The summed E-state index contributed by atoms with van der Waals surface area (Å²) >= 11 is 3.10. The van der Waals surface area contributed by atoms with Crippen molar-refractivity contribution in [2.45, 2.75) is 26.7 Å². The van der Waals surface area contributed by atoms with E-state index in [4.69, 9.17) is 0 Å². The van der Waals surface area contributed by atoms with E-state index < -0.39 is 0 Å². The number of amides is 2. The standard InChI is InChI=1S/C16H18N4O2S2/c1-11-5-7-23-13(11)9-17-19-15(21)3-4-16(22)20-18-10-14-12(2)6-8-24-14/h5-10H,3-4H2,1-2H3,(H,19,21)(H,20,22)/b17-9+,18-10+. The Labute approximate surface area is 148 Å². The first-order valence-electron chi connectivity index (χ1n) is 7.28. The van der Waals surface area contributed by atoms with Crippen molar-refractivity contribution in [2.75, 3.05) is 0 Å². The molecule has 0 aliphatic heterocycles. The number of carbonyl (C=O) groups is 2. The zero-order chi connectivity index (χ0) is 17.4. The van der Waals surface area contributed by atoms with Gasteiger partial charge in [0.1, 0.15) is 0 Å². The third-order valence-corrected chi connectivity index (χ3v) is 5.03. The van der Waals surface area contributed by atoms with Crippen LogP contribution in [0.25, 0.3) is 0 Å². The molecular weight excluding hydrogens is 344 g/mol. The van der Waals surface area contributed by atoms with Crippen molar-refractivity contribution in [3.63, 3.8) is 0 Å². The minimum absolute atomic E-state index is 0.0557. The van der Waals surface area contributed by atoms with E-state index in [2.05, 4.69) is 21.1 Å². The van der Waals surface area contributed by atoms with Gasteiger partial charge in [0.25, 0.3) is 0 Å². The smallest absolute Gasteiger partial charge is 0.240 e. The maximum atomic E-state index is 11.6. The molecule has 0 radical (unpaired) electrons. The average Bonchev–Trinajstić information content (AvgIpc) is 3.14. The molecule has 0 atom stereocenters. The van der Waals surface area contributed by atoms with Gasteiger partial charge in [0.15, 0.2) is 0 Å². The van der Waals surface area contributed by atoms with Crippen LogP contribution in [-0.2, 0) is 9.59 Å². The molecule has 6 nitrogen and oxygen atoms in total. The summed E-state index contributed by atoms with van der Waals surface area (Å²) in [7, 11) is 0. The number of aryl methyl sites for hydroxylation is 2. The number of thiophene rings is 2. The minimum Gasteiger partial charge on any atom is -0.273 e. The maximum absolute atomic E-state index is 11.6. The Morgan fingerprint density at radius 3 is 1.67 bits per heavy atom. The molecule has 2 aromatic rings. The summed E-state index contributed by atoms with van der Waals surface area (Å²) in [6.07, 6.45) is 3.32. The number of hydrogen-bond donors (Lipinski definition) is 2. The van der Waals surface area contributed by atoms with Crippen molar-refractivity contribution in [2.24, 2.45) is 10.2 Å². The lowest BCUT2D eigenvalue weighted by Crippen LogP contribution is -2.22. The van der Waals surface area contributed by atoms with Crippen LogP contribution in [0, 0.1) is 13.8 Å². The van der Waals surface area contributed by atoms with Gasteiger partial charge in [-0.2, -0.15) is 10.2 Å². The van der Waals surface area contributed by atoms with E-state index in [1.807, 2.05) is 36.7 Å². The molecule has 8 heteroatoms. The Hall–Kier alpha value is -2.32. The second kappa shape index (κ2) is 9.09. The van der Waals surface area contributed by atoms with Crippen LogP contribution >= 0.6 is 22.7 Å². The largest absolute Gasteiger partial charge is 0.273 e. The number of hydrogen-bond acceptors (Lipinski definition) is 6. The number of carbonyl (C=O) groups excluding carboxylic acids is 2. The lowest BCUT2D eigenvalue weighted by molar-refractivity contribution is -0.126. The molecule has 0 unspecified atom stereocenters. The van der Waals surface area contributed by atoms with E-state index in [1.165, 1.54) is 0 Å². The van der Waals surface area contributed by atoms with Gasteiger partial charge < -0.3 is 0 Å². The van der Waals surface area contributed by atoms with E-state index >= 15 is 0 Å². The highest BCUT2D eigenvalue weighted by Crippen LogP contribution is 2.12. The maximum Gasteiger partial charge on any atom is 0.240 e. The molecule has 24 heavy (non-hydrogen) atoms. The second-order valence-corrected chi connectivity index (χ2v) is 6.92. The van der Waals surface area contributed by atoms with E-state index in [9.17, 15) is 9.59 Å². The monoisotopic (exact) mass is 362 g/mol. The summed E-state index contributed by atoms with van der Waals surface area (Å²) in [4.78, 5) is 25.2. The van der Waals surface area contributed by atoms with Crippen LogP contribution in [0.4, 0.5) is 0 Å². The molecule has 0 saturated heterocycles. The highest BCUT2D eigenvalue weighted by atomic mass is 32.1. The summed E-state index contributed by atoms with van der Waals surface area (Å²) in [5, 5.41) is 11.7. The molecule has 126 valence electrons. The lowest BCUT2D eigenvalue weighted by atomic mass is 10.3. The Morgan fingerprint density at radius 1 is 0.917 bits per heavy atom. The fraction of sp³-hybridized carbons (Fsp3) is 0.250. The lowest BCUT2D eigenvalue weighted by Gasteiger charge is -2.00.